The summed E-state index contributed by atoms with van der Waals surface area (Å²) in [5.74, 6) is 0.0786. The van der Waals surface area contributed by atoms with Gasteiger partial charge in [-0.05, 0) is 53.6 Å². The van der Waals surface area contributed by atoms with Crippen LogP contribution in [0.15, 0.2) is 115 Å². The third kappa shape index (κ3) is 8.19. The maximum absolute atomic E-state index is 14.1. The van der Waals surface area contributed by atoms with Crippen molar-refractivity contribution in [3.63, 3.8) is 0 Å². The number of nitrogens with one attached hydrogen (secondary N) is 2. The van der Waals surface area contributed by atoms with E-state index >= 15 is 0 Å². The number of carbonyl (C=O) groups is 2. The lowest BCUT2D eigenvalue weighted by Gasteiger charge is -2.33. The molecule has 2 atom stereocenters. The molecular weight excluding hydrogens is 532 g/mol. The third-order valence-electron chi connectivity index (χ3n) is 8.20. The minimum absolute atomic E-state index is 0.0200. The highest BCUT2D eigenvalue weighted by atomic mass is 16.2. The van der Waals surface area contributed by atoms with Crippen molar-refractivity contribution in [1.82, 2.24) is 15.5 Å². The van der Waals surface area contributed by atoms with Crippen LogP contribution in [0.2, 0.25) is 0 Å². The predicted octanol–water partition coefficient (Wildman–Crippen LogP) is 5.49. The Morgan fingerprint density at radius 3 is 2.00 bits per heavy atom. The highest BCUT2D eigenvalue weighted by Crippen LogP contribution is 2.31. The molecule has 43 heavy (non-hydrogen) atoms. The van der Waals surface area contributed by atoms with Crippen LogP contribution in [0, 0.1) is 0 Å². The van der Waals surface area contributed by atoms with E-state index < -0.39 is 0 Å². The minimum atomic E-state index is -0.337. The average Bonchev–Trinajstić information content (AvgIpc) is 3.20. The molecule has 4 N–H and O–H groups in total. The number of benzene rings is 4. The van der Waals surface area contributed by atoms with Crippen molar-refractivity contribution in [3.05, 3.63) is 132 Å². The Bertz CT molecular complexity index is 1390. The molecule has 6 heteroatoms. The summed E-state index contributed by atoms with van der Waals surface area (Å²) in [4.78, 5) is 29.1. The summed E-state index contributed by atoms with van der Waals surface area (Å²) in [5, 5.41) is 6.74. The van der Waals surface area contributed by atoms with Gasteiger partial charge in [-0.25, -0.2) is 0 Å². The van der Waals surface area contributed by atoms with Crippen molar-refractivity contribution < 1.29 is 9.59 Å². The number of carbonyl (C=O) groups excluding carboxylic acids is 2. The Balaban J connectivity index is 1.27. The Morgan fingerprint density at radius 1 is 0.814 bits per heavy atom. The summed E-state index contributed by atoms with van der Waals surface area (Å²) in [7, 11) is 0. The van der Waals surface area contributed by atoms with E-state index in [1.165, 1.54) is 0 Å². The van der Waals surface area contributed by atoms with Gasteiger partial charge < -0.3 is 21.3 Å². The zero-order chi connectivity index (χ0) is 29.9. The molecule has 222 valence electrons. The van der Waals surface area contributed by atoms with Crippen LogP contribution in [0.1, 0.15) is 48.4 Å². The second kappa shape index (κ2) is 15.3. The number of hydrogen-bond donors (Lipinski definition) is 3. The number of amides is 2. The van der Waals surface area contributed by atoms with Crippen molar-refractivity contribution in [1.29, 1.82) is 0 Å². The quantitative estimate of drug-likeness (QED) is 0.195. The fraction of sp³-hybridized carbons (Fsp3) is 0.297. The standard InChI is InChI=1S/C37H42N4O2/c38-24-11-10-18-34-37(43)41(36(31-14-6-2-7-15-31)32-16-8-3-9-17-32)25-23-33(40-34)27-39-35(42)26-28-19-21-30(22-20-28)29-12-4-1-5-13-29/h1-9,12-17,19-22,33-34,36,40H,10-11,18,23-27,38H2,(H,39,42)/t33-,34-/m0/s1. The zero-order valence-electron chi connectivity index (χ0n) is 24.7. The molecule has 0 unspecified atom stereocenters. The molecule has 1 heterocycles. The van der Waals surface area contributed by atoms with E-state index in [0.29, 0.717) is 32.5 Å². The first kappa shape index (κ1) is 30.2. The molecule has 1 fully saturated rings. The Labute approximate surface area is 255 Å². The normalized spacial score (nSPS) is 17.1. The summed E-state index contributed by atoms with van der Waals surface area (Å²) in [6, 6.07) is 38.3. The topological polar surface area (TPSA) is 87.5 Å². The lowest BCUT2D eigenvalue weighted by molar-refractivity contribution is -0.134. The largest absolute Gasteiger partial charge is 0.354 e. The molecule has 4 aromatic carbocycles. The van der Waals surface area contributed by atoms with Gasteiger partial charge >= 0.3 is 0 Å². The molecule has 0 saturated carbocycles. The summed E-state index contributed by atoms with van der Waals surface area (Å²) in [6.07, 6.45) is 3.50. The number of nitrogens with zero attached hydrogens (tertiary/aromatic N) is 1. The number of nitrogens with two attached hydrogens (primary N) is 1. The maximum atomic E-state index is 14.1. The third-order valence-corrected chi connectivity index (χ3v) is 8.20. The van der Waals surface area contributed by atoms with Gasteiger partial charge in [-0.1, -0.05) is 122 Å². The van der Waals surface area contributed by atoms with Crippen molar-refractivity contribution >= 4 is 11.8 Å². The molecule has 0 radical (unpaired) electrons. The molecule has 0 aliphatic carbocycles. The van der Waals surface area contributed by atoms with E-state index in [4.69, 9.17) is 5.73 Å². The highest BCUT2D eigenvalue weighted by Gasteiger charge is 2.35. The van der Waals surface area contributed by atoms with E-state index in [1.54, 1.807) is 0 Å². The van der Waals surface area contributed by atoms with Gasteiger partial charge in [0.1, 0.15) is 0 Å². The molecule has 6 nitrogen and oxygen atoms in total. The lowest BCUT2D eigenvalue weighted by Crippen LogP contribution is -2.49. The second-order valence-electron chi connectivity index (χ2n) is 11.3. The lowest BCUT2D eigenvalue weighted by atomic mass is 9.96. The molecule has 0 bridgehead atoms. The predicted molar refractivity (Wildman–Crippen MR) is 173 cm³/mol. The fourth-order valence-electron chi connectivity index (χ4n) is 5.91. The molecule has 1 aliphatic heterocycles. The summed E-state index contributed by atoms with van der Waals surface area (Å²) in [5.41, 5.74) is 11.2. The van der Waals surface area contributed by atoms with Gasteiger partial charge in [-0.2, -0.15) is 0 Å². The molecular formula is C37H42N4O2. The Kier molecular flexibility index (Phi) is 10.7. The Morgan fingerprint density at radius 2 is 1.40 bits per heavy atom. The van der Waals surface area contributed by atoms with Gasteiger partial charge in [0.2, 0.25) is 11.8 Å². The highest BCUT2D eigenvalue weighted by molar-refractivity contribution is 5.83. The van der Waals surface area contributed by atoms with Crippen LogP contribution in [0.3, 0.4) is 0 Å². The van der Waals surface area contributed by atoms with E-state index in [-0.39, 0.29) is 29.9 Å². The van der Waals surface area contributed by atoms with Crippen LogP contribution < -0.4 is 16.4 Å². The first-order chi connectivity index (χ1) is 21.1. The monoisotopic (exact) mass is 574 g/mol. The van der Waals surface area contributed by atoms with Crippen LogP contribution in [-0.2, 0) is 16.0 Å². The van der Waals surface area contributed by atoms with E-state index in [0.717, 1.165) is 47.1 Å². The van der Waals surface area contributed by atoms with Crippen LogP contribution in [0.4, 0.5) is 0 Å². The summed E-state index contributed by atoms with van der Waals surface area (Å²) < 4.78 is 0. The summed E-state index contributed by atoms with van der Waals surface area (Å²) >= 11 is 0. The van der Waals surface area contributed by atoms with E-state index in [1.807, 2.05) is 71.6 Å². The van der Waals surface area contributed by atoms with Crippen molar-refractivity contribution in [2.24, 2.45) is 5.73 Å². The molecule has 2 amide bonds. The van der Waals surface area contributed by atoms with E-state index in [2.05, 4.69) is 59.2 Å². The SMILES string of the molecule is NCCCC[C@@H]1N[C@H](CNC(=O)Cc2ccc(-c3ccccc3)cc2)CCN(C(c2ccccc2)c2ccccc2)C1=O. The fourth-order valence-corrected chi connectivity index (χ4v) is 5.91. The van der Waals surface area contributed by atoms with E-state index in [9.17, 15) is 9.59 Å². The smallest absolute Gasteiger partial charge is 0.240 e. The second-order valence-corrected chi connectivity index (χ2v) is 11.3. The first-order valence-corrected chi connectivity index (χ1v) is 15.4. The van der Waals surface area contributed by atoms with Crippen LogP contribution >= 0.6 is 0 Å². The van der Waals surface area contributed by atoms with Crippen LogP contribution in [0.25, 0.3) is 11.1 Å². The molecule has 0 aromatic heterocycles. The zero-order valence-corrected chi connectivity index (χ0v) is 24.7. The van der Waals surface area contributed by atoms with Crippen LogP contribution in [0.5, 0.6) is 0 Å². The number of hydrogen-bond acceptors (Lipinski definition) is 4. The van der Waals surface area contributed by atoms with Crippen LogP contribution in [-0.4, -0.2) is 48.4 Å². The van der Waals surface area contributed by atoms with Crippen molar-refractivity contribution in [2.45, 2.75) is 50.2 Å². The molecule has 1 saturated heterocycles. The minimum Gasteiger partial charge on any atom is -0.354 e. The van der Waals surface area contributed by atoms with Gasteiger partial charge in [-0.3, -0.25) is 9.59 Å². The molecule has 1 aliphatic rings. The van der Waals surface area contributed by atoms with Crippen molar-refractivity contribution in [3.8, 4) is 11.1 Å². The number of unbranched alkanes of at least 4 members (excludes halogenated alkanes) is 1. The molecule has 5 rings (SSSR count). The van der Waals surface area contributed by atoms with Gasteiger partial charge in [-0.15, -0.1) is 0 Å². The Hall–Kier alpha value is -4.26. The number of rotatable bonds is 12. The molecule has 0 spiro atoms. The maximum Gasteiger partial charge on any atom is 0.240 e. The van der Waals surface area contributed by atoms with Gasteiger partial charge in [0.05, 0.1) is 18.5 Å². The summed E-state index contributed by atoms with van der Waals surface area (Å²) in [6.45, 7) is 1.67. The van der Waals surface area contributed by atoms with Gasteiger partial charge in [0.25, 0.3) is 0 Å². The van der Waals surface area contributed by atoms with Gasteiger partial charge in [0.15, 0.2) is 0 Å². The van der Waals surface area contributed by atoms with Crippen molar-refractivity contribution in [2.75, 3.05) is 19.6 Å². The van der Waals surface area contributed by atoms with Gasteiger partial charge in [0, 0.05) is 19.1 Å². The molecule has 4 aromatic rings. The first-order valence-electron chi connectivity index (χ1n) is 15.4. The average molecular weight is 575 g/mol.